The second-order valence-electron chi connectivity index (χ2n) is 4.99. The van der Waals surface area contributed by atoms with Crippen molar-refractivity contribution < 1.29 is 4.79 Å². The van der Waals surface area contributed by atoms with Crippen molar-refractivity contribution in [2.45, 2.75) is 30.6 Å². The van der Waals surface area contributed by atoms with Gasteiger partial charge >= 0.3 is 0 Å². The average molecular weight is 304 g/mol. The van der Waals surface area contributed by atoms with E-state index in [-0.39, 0.29) is 11.9 Å². The number of carbonyl (C=O) groups is 1. The van der Waals surface area contributed by atoms with Crippen molar-refractivity contribution in [2.24, 2.45) is 0 Å². The van der Waals surface area contributed by atoms with Crippen molar-refractivity contribution in [2.75, 3.05) is 10.7 Å². The number of amides is 1. The molecule has 0 radical (unpaired) electrons. The normalized spacial score (nSPS) is 17.3. The third kappa shape index (κ3) is 2.60. The maximum atomic E-state index is 12.5. The Balaban J connectivity index is 1.71. The van der Waals surface area contributed by atoms with Gasteiger partial charge in [-0.2, -0.15) is 0 Å². The van der Waals surface area contributed by atoms with Gasteiger partial charge in [0.2, 0.25) is 5.91 Å². The SMILES string of the molecule is Cc1csc(SCC(=O)N2c3ccccc3CC2C)n1. The first-order chi connectivity index (χ1) is 9.65. The fourth-order valence-corrected chi connectivity index (χ4v) is 4.25. The Morgan fingerprint density at radius 2 is 2.30 bits per heavy atom. The van der Waals surface area contributed by atoms with E-state index < -0.39 is 0 Å². The number of carbonyl (C=O) groups excluding carboxylic acids is 1. The Morgan fingerprint density at radius 1 is 1.50 bits per heavy atom. The number of hydrogen-bond acceptors (Lipinski definition) is 4. The first-order valence-electron chi connectivity index (χ1n) is 6.60. The Morgan fingerprint density at radius 3 is 3.05 bits per heavy atom. The average Bonchev–Trinajstić information content (AvgIpc) is 2.98. The van der Waals surface area contributed by atoms with Gasteiger partial charge in [0.05, 0.1) is 5.75 Å². The van der Waals surface area contributed by atoms with E-state index in [0.717, 1.165) is 22.1 Å². The molecule has 1 atom stereocenters. The van der Waals surface area contributed by atoms with Crippen molar-refractivity contribution in [3.8, 4) is 0 Å². The summed E-state index contributed by atoms with van der Waals surface area (Å²) in [7, 11) is 0. The third-order valence-corrected chi connectivity index (χ3v) is 5.52. The molecule has 1 aliphatic heterocycles. The van der Waals surface area contributed by atoms with Crippen molar-refractivity contribution in [3.05, 3.63) is 40.9 Å². The largest absolute Gasteiger partial charge is 0.308 e. The first-order valence-corrected chi connectivity index (χ1v) is 8.46. The van der Waals surface area contributed by atoms with Crippen LogP contribution in [0.4, 0.5) is 5.69 Å². The zero-order valence-electron chi connectivity index (χ0n) is 11.5. The monoisotopic (exact) mass is 304 g/mol. The highest BCUT2D eigenvalue weighted by Crippen LogP contribution is 2.33. The summed E-state index contributed by atoms with van der Waals surface area (Å²) in [6, 6.07) is 8.42. The van der Waals surface area contributed by atoms with Gasteiger partial charge in [0.25, 0.3) is 0 Å². The first kappa shape index (κ1) is 13.6. The van der Waals surface area contributed by atoms with Crippen LogP contribution in [0.2, 0.25) is 0 Å². The predicted molar refractivity (Wildman–Crippen MR) is 84.7 cm³/mol. The highest BCUT2D eigenvalue weighted by atomic mass is 32.2. The number of nitrogens with zero attached hydrogens (tertiary/aromatic N) is 2. The van der Waals surface area contributed by atoms with E-state index in [1.807, 2.05) is 35.4 Å². The quantitative estimate of drug-likeness (QED) is 0.813. The predicted octanol–water partition coefficient (Wildman–Crippen LogP) is 3.52. The zero-order valence-corrected chi connectivity index (χ0v) is 13.1. The number of anilines is 1. The number of benzene rings is 1. The van der Waals surface area contributed by atoms with E-state index in [1.165, 1.54) is 17.3 Å². The van der Waals surface area contributed by atoms with Crippen LogP contribution >= 0.6 is 23.1 Å². The van der Waals surface area contributed by atoms with E-state index in [4.69, 9.17) is 0 Å². The fourth-order valence-electron chi connectivity index (χ4n) is 2.54. The van der Waals surface area contributed by atoms with Gasteiger partial charge in [0.1, 0.15) is 0 Å². The standard InChI is InChI=1S/C15H16N2OS2/c1-10-8-19-15(16-10)20-9-14(18)17-11(2)7-12-5-3-4-6-13(12)17/h3-6,8,11H,7,9H2,1-2H3. The molecule has 0 N–H and O–H groups in total. The van der Waals surface area contributed by atoms with Crippen molar-refractivity contribution in [1.29, 1.82) is 0 Å². The highest BCUT2D eigenvalue weighted by molar-refractivity contribution is 8.01. The lowest BCUT2D eigenvalue weighted by molar-refractivity contribution is -0.116. The minimum atomic E-state index is 0.167. The number of rotatable bonds is 3. The summed E-state index contributed by atoms with van der Waals surface area (Å²) < 4.78 is 0.969. The molecule has 3 rings (SSSR count). The van der Waals surface area contributed by atoms with Crippen LogP contribution in [0.3, 0.4) is 0 Å². The summed E-state index contributed by atoms with van der Waals surface area (Å²) in [6.45, 7) is 4.08. The van der Waals surface area contributed by atoms with Gasteiger partial charge in [-0.15, -0.1) is 11.3 Å². The lowest BCUT2D eigenvalue weighted by Gasteiger charge is -2.22. The van der Waals surface area contributed by atoms with Crippen LogP contribution in [-0.2, 0) is 11.2 Å². The van der Waals surface area contributed by atoms with Crippen molar-refractivity contribution in [1.82, 2.24) is 4.98 Å². The Bertz CT molecular complexity index is 638. The molecule has 1 amide bonds. The lowest BCUT2D eigenvalue weighted by atomic mass is 10.1. The number of thiazole rings is 1. The Hall–Kier alpha value is -1.33. The second-order valence-corrected chi connectivity index (χ2v) is 7.07. The number of thioether (sulfide) groups is 1. The fraction of sp³-hybridized carbons (Fsp3) is 0.333. The van der Waals surface area contributed by atoms with Crippen LogP contribution in [0.5, 0.6) is 0 Å². The smallest absolute Gasteiger partial charge is 0.237 e. The van der Waals surface area contributed by atoms with E-state index in [9.17, 15) is 4.79 Å². The number of aryl methyl sites for hydroxylation is 1. The van der Waals surface area contributed by atoms with Gasteiger partial charge in [-0.3, -0.25) is 4.79 Å². The molecule has 1 aliphatic rings. The van der Waals surface area contributed by atoms with Crippen LogP contribution in [0, 0.1) is 6.92 Å². The van der Waals surface area contributed by atoms with E-state index in [2.05, 4.69) is 18.0 Å². The molecule has 2 aromatic rings. The van der Waals surface area contributed by atoms with Gasteiger partial charge in [0.15, 0.2) is 4.34 Å². The van der Waals surface area contributed by atoms with Crippen LogP contribution in [0.25, 0.3) is 0 Å². The molecule has 3 nitrogen and oxygen atoms in total. The van der Waals surface area contributed by atoms with Crippen LogP contribution in [-0.4, -0.2) is 22.7 Å². The van der Waals surface area contributed by atoms with Crippen LogP contribution in [0.15, 0.2) is 34.0 Å². The second kappa shape index (κ2) is 5.58. The molecule has 2 heterocycles. The highest BCUT2D eigenvalue weighted by Gasteiger charge is 2.30. The van der Waals surface area contributed by atoms with E-state index >= 15 is 0 Å². The molecular formula is C15H16N2OS2. The molecule has 0 spiro atoms. The number of aromatic nitrogens is 1. The Labute approximate surface area is 127 Å². The summed E-state index contributed by atoms with van der Waals surface area (Å²) >= 11 is 3.13. The summed E-state index contributed by atoms with van der Waals surface area (Å²) in [5.41, 5.74) is 3.36. The maximum absolute atomic E-state index is 12.5. The van der Waals surface area contributed by atoms with Gasteiger partial charge in [-0.05, 0) is 31.9 Å². The van der Waals surface area contributed by atoms with Crippen LogP contribution < -0.4 is 4.90 Å². The maximum Gasteiger partial charge on any atom is 0.237 e. The lowest BCUT2D eigenvalue weighted by Crippen LogP contribution is -2.36. The summed E-state index contributed by atoms with van der Waals surface area (Å²) in [5.74, 6) is 0.617. The molecule has 1 unspecified atom stereocenters. The number of fused-ring (bicyclic) bond motifs is 1. The van der Waals surface area contributed by atoms with Gasteiger partial charge in [-0.25, -0.2) is 4.98 Å². The number of para-hydroxylation sites is 1. The van der Waals surface area contributed by atoms with Crippen molar-refractivity contribution in [3.63, 3.8) is 0 Å². The van der Waals surface area contributed by atoms with E-state index in [1.54, 1.807) is 11.3 Å². The van der Waals surface area contributed by atoms with Crippen LogP contribution in [0.1, 0.15) is 18.2 Å². The molecule has 0 saturated carbocycles. The van der Waals surface area contributed by atoms with Gasteiger partial charge in [-0.1, -0.05) is 30.0 Å². The molecule has 1 aromatic heterocycles. The van der Waals surface area contributed by atoms with Gasteiger partial charge in [0, 0.05) is 22.8 Å². The molecule has 5 heteroatoms. The molecule has 20 heavy (non-hydrogen) atoms. The van der Waals surface area contributed by atoms with Crippen molar-refractivity contribution >= 4 is 34.7 Å². The molecule has 0 saturated heterocycles. The summed E-state index contributed by atoms with van der Waals surface area (Å²) in [4.78, 5) is 18.8. The van der Waals surface area contributed by atoms with Gasteiger partial charge < -0.3 is 4.90 Å². The number of hydrogen-bond donors (Lipinski definition) is 0. The minimum Gasteiger partial charge on any atom is -0.308 e. The summed E-state index contributed by atoms with van der Waals surface area (Å²) in [5, 5.41) is 2.01. The molecule has 1 aromatic carbocycles. The minimum absolute atomic E-state index is 0.167. The van der Waals surface area contributed by atoms with E-state index in [0.29, 0.717) is 5.75 Å². The zero-order chi connectivity index (χ0) is 14.1. The Kier molecular flexibility index (Phi) is 3.81. The third-order valence-electron chi connectivity index (χ3n) is 3.39. The molecule has 104 valence electrons. The molecular weight excluding hydrogens is 288 g/mol. The summed E-state index contributed by atoms with van der Waals surface area (Å²) in [6.07, 6.45) is 0.947. The molecule has 0 aliphatic carbocycles. The molecule has 0 bridgehead atoms. The topological polar surface area (TPSA) is 33.2 Å². The molecule has 0 fully saturated rings.